The van der Waals surface area contributed by atoms with Gasteiger partial charge < -0.3 is 4.74 Å². The second-order valence-corrected chi connectivity index (χ2v) is 3.54. The maximum atomic E-state index is 12.3. The van der Waals surface area contributed by atoms with Crippen LogP contribution in [0.3, 0.4) is 0 Å². The highest BCUT2D eigenvalue weighted by atomic mass is 127. The van der Waals surface area contributed by atoms with E-state index in [4.69, 9.17) is 0 Å². The van der Waals surface area contributed by atoms with Gasteiger partial charge in [-0.1, -0.05) is 0 Å². The number of alkyl halides is 4. The van der Waals surface area contributed by atoms with Crippen LogP contribution >= 0.6 is 22.6 Å². The van der Waals surface area contributed by atoms with Gasteiger partial charge in [0.25, 0.3) is 0 Å². The molecule has 1 rings (SSSR count). The second-order valence-electron chi connectivity index (χ2n) is 2.30. The molecule has 0 radical (unpaired) electrons. The van der Waals surface area contributed by atoms with Gasteiger partial charge in [0.05, 0.1) is 0 Å². The Morgan fingerprint density at radius 2 is 2.07 bits per heavy atom. The molecule has 0 aromatic carbocycles. The van der Waals surface area contributed by atoms with Crippen molar-refractivity contribution < 1.29 is 22.3 Å². The van der Waals surface area contributed by atoms with Crippen LogP contribution in [-0.2, 0) is 6.67 Å². The van der Waals surface area contributed by atoms with E-state index in [9.17, 15) is 17.6 Å². The molecule has 0 fully saturated rings. The van der Waals surface area contributed by atoms with Crippen molar-refractivity contribution in [3.63, 3.8) is 0 Å². The summed E-state index contributed by atoms with van der Waals surface area (Å²) in [5.74, 6) is -0.736. The fraction of sp³-hybridized carbons (Fsp3) is 0.286. The van der Waals surface area contributed by atoms with Crippen molar-refractivity contribution in [2.45, 2.75) is 13.0 Å². The molecule has 1 heterocycles. The summed E-state index contributed by atoms with van der Waals surface area (Å²) in [7, 11) is 0. The van der Waals surface area contributed by atoms with Crippen LogP contribution in [0.25, 0.3) is 0 Å². The predicted octanol–water partition coefficient (Wildman–Crippen LogP) is 3.05. The Kier molecular flexibility index (Phi) is 3.51. The predicted molar refractivity (Wildman–Crippen MR) is 48.4 cm³/mol. The third kappa shape index (κ3) is 3.28. The summed E-state index contributed by atoms with van der Waals surface area (Å²) in [5, 5.41) is 0. The minimum Gasteiger partial charge on any atom is -0.387 e. The first kappa shape index (κ1) is 11.5. The Hall–Kier alpha value is -0.600. The fourth-order valence-corrected chi connectivity index (χ4v) is 1.28. The highest BCUT2D eigenvalue weighted by Crippen LogP contribution is 2.25. The third-order valence-electron chi connectivity index (χ3n) is 1.25. The molecule has 0 spiro atoms. The van der Waals surface area contributed by atoms with Gasteiger partial charge in [-0.2, -0.15) is 0 Å². The zero-order valence-electron chi connectivity index (χ0n) is 6.61. The lowest BCUT2D eigenvalue weighted by Crippen LogP contribution is -2.19. The van der Waals surface area contributed by atoms with E-state index in [1.807, 2.05) is 22.6 Å². The number of nitrogens with zero attached hydrogens (tertiary/aromatic N) is 1. The molecule has 0 saturated heterocycles. The standard InChI is InChI=1S/C7H4F4INO/c8-2-4-1-5(12)3-13-6(4)14-7(9,10)11/h1,3H,2H2. The van der Waals surface area contributed by atoms with E-state index in [1.54, 1.807) is 0 Å². The number of hydrogen-bond acceptors (Lipinski definition) is 2. The molecule has 0 saturated carbocycles. The zero-order chi connectivity index (χ0) is 10.8. The first-order chi connectivity index (χ1) is 6.42. The summed E-state index contributed by atoms with van der Waals surface area (Å²) >= 11 is 1.82. The smallest absolute Gasteiger partial charge is 0.387 e. The van der Waals surface area contributed by atoms with Crippen molar-refractivity contribution in [2.24, 2.45) is 0 Å². The van der Waals surface area contributed by atoms with E-state index >= 15 is 0 Å². The van der Waals surface area contributed by atoms with E-state index in [0.717, 1.165) is 0 Å². The minimum atomic E-state index is -4.84. The lowest BCUT2D eigenvalue weighted by atomic mass is 10.3. The van der Waals surface area contributed by atoms with Gasteiger partial charge in [0.15, 0.2) is 0 Å². The third-order valence-corrected chi connectivity index (χ3v) is 1.84. The number of ether oxygens (including phenoxy) is 1. The van der Waals surface area contributed by atoms with Crippen LogP contribution in [0.4, 0.5) is 17.6 Å². The first-order valence-corrected chi connectivity index (χ1v) is 4.46. The summed E-state index contributed by atoms with van der Waals surface area (Å²) in [5.41, 5.74) is -0.214. The Morgan fingerprint density at radius 3 is 2.57 bits per heavy atom. The SMILES string of the molecule is FCc1cc(I)cnc1OC(F)(F)F. The molecule has 0 aliphatic heterocycles. The Morgan fingerprint density at radius 1 is 1.43 bits per heavy atom. The van der Waals surface area contributed by atoms with Gasteiger partial charge in [-0.15, -0.1) is 13.2 Å². The van der Waals surface area contributed by atoms with Crippen LogP contribution in [0.15, 0.2) is 12.3 Å². The van der Waals surface area contributed by atoms with E-state index < -0.39 is 18.9 Å². The Balaban J connectivity index is 2.97. The van der Waals surface area contributed by atoms with E-state index in [1.165, 1.54) is 12.3 Å². The van der Waals surface area contributed by atoms with Gasteiger partial charge in [-0.25, -0.2) is 9.37 Å². The average Bonchev–Trinajstić information content (AvgIpc) is 2.06. The molecule has 0 N–H and O–H groups in total. The van der Waals surface area contributed by atoms with Crippen molar-refractivity contribution in [3.05, 3.63) is 21.4 Å². The lowest BCUT2D eigenvalue weighted by molar-refractivity contribution is -0.276. The Bertz CT molecular complexity index is 328. The molecule has 0 aliphatic rings. The first-order valence-electron chi connectivity index (χ1n) is 3.38. The van der Waals surface area contributed by atoms with Crippen molar-refractivity contribution in [1.82, 2.24) is 4.98 Å². The summed E-state index contributed by atoms with van der Waals surface area (Å²) in [4.78, 5) is 3.34. The van der Waals surface area contributed by atoms with E-state index in [2.05, 4.69) is 9.72 Å². The van der Waals surface area contributed by atoms with Crippen LogP contribution in [0.5, 0.6) is 5.88 Å². The Labute approximate surface area is 90.4 Å². The number of aromatic nitrogens is 1. The van der Waals surface area contributed by atoms with E-state index in [0.29, 0.717) is 3.57 Å². The van der Waals surface area contributed by atoms with Gasteiger partial charge in [0.2, 0.25) is 5.88 Å². The summed E-state index contributed by atoms with van der Waals surface area (Å²) in [6, 6.07) is 1.24. The summed E-state index contributed by atoms with van der Waals surface area (Å²) < 4.78 is 51.6. The molecular formula is C7H4F4INO. The molecule has 0 aliphatic carbocycles. The van der Waals surface area contributed by atoms with E-state index in [-0.39, 0.29) is 5.56 Å². The molecule has 0 bridgehead atoms. The maximum Gasteiger partial charge on any atom is 0.574 e. The summed E-state index contributed by atoms with van der Waals surface area (Å²) in [6.45, 7) is -1.05. The van der Waals surface area contributed by atoms with Gasteiger partial charge >= 0.3 is 6.36 Å². The van der Waals surface area contributed by atoms with Crippen molar-refractivity contribution >= 4 is 22.6 Å². The van der Waals surface area contributed by atoms with Crippen LogP contribution in [0.1, 0.15) is 5.56 Å². The van der Waals surface area contributed by atoms with Crippen molar-refractivity contribution in [3.8, 4) is 5.88 Å². The van der Waals surface area contributed by atoms with Crippen LogP contribution in [-0.4, -0.2) is 11.3 Å². The van der Waals surface area contributed by atoms with Crippen LogP contribution in [0.2, 0.25) is 0 Å². The average molecular weight is 321 g/mol. The molecule has 1 aromatic heterocycles. The van der Waals surface area contributed by atoms with Gasteiger partial charge in [-0.3, -0.25) is 0 Å². The molecule has 1 aromatic rings. The van der Waals surface area contributed by atoms with Crippen molar-refractivity contribution in [1.29, 1.82) is 0 Å². The largest absolute Gasteiger partial charge is 0.574 e. The summed E-state index contributed by atoms with van der Waals surface area (Å²) in [6.07, 6.45) is -3.68. The molecular weight excluding hydrogens is 317 g/mol. The van der Waals surface area contributed by atoms with Gasteiger partial charge in [0.1, 0.15) is 6.67 Å². The highest BCUT2D eigenvalue weighted by Gasteiger charge is 2.32. The normalized spacial score (nSPS) is 11.5. The fourth-order valence-electron chi connectivity index (χ4n) is 0.766. The highest BCUT2D eigenvalue weighted by molar-refractivity contribution is 14.1. The van der Waals surface area contributed by atoms with Gasteiger partial charge in [-0.05, 0) is 28.7 Å². The zero-order valence-corrected chi connectivity index (χ0v) is 8.76. The molecule has 2 nitrogen and oxygen atoms in total. The molecule has 0 atom stereocenters. The topological polar surface area (TPSA) is 22.1 Å². The molecule has 0 unspecified atom stereocenters. The second kappa shape index (κ2) is 4.28. The monoisotopic (exact) mass is 321 g/mol. The molecule has 0 amide bonds. The van der Waals surface area contributed by atoms with Crippen LogP contribution < -0.4 is 4.74 Å². The lowest BCUT2D eigenvalue weighted by Gasteiger charge is -2.10. The minimum absolute atomic E-state index is 0.214. The number of pyridine rings is 1. The number of rotatable bonds is 2. The molecule has 14 heavy (non-hydrogen) atoms. The number of hydrogen-bond donors (Lipinski definition) is 0. The van der Waals surface area contributed by atoms with Crippen molar-refractivity contribution in [2.75, 3.05) is 0 Å². The van der Waals surface area contributed by atoms with Crippen LogP contribution in [0, 0.1) is 3.57 Å². The number of halogens is 5. The molecule has 7 heteroatoms. The maximum absolute atomic E-state index is 12.3. The molecule has 78 valence electrons. The quantitative estimate of drug-likeness (QED) is 0.617. The van der Waals surface area contributed by atoms with Gasteiger partial charge in [0, 0.05) is 15.3 Å².